The van der Waals surface area contributed by atoms with Gasteiger partial charge in [-0.05, 0) is 30.9 Å². The molecule has 0 fully saturated rings. The summed E-state index contributed by atoms with van der Waals surface area (Å²) < 4.78 is 14.3. The number of thioether (sulfide) groups is 1. The van der Waals surface area contributed by atoms with Crippen molar-refractivity contribution in [2.45, 2.75) is 24.7 Å². The number of esters is 3. The van der Waals surface area contributed by atoms with Crippen LogP contribution in [0.25, 0.3) is 0 Å². The summed E-state index contributed by atoms with van der Waals surface area (Å²) in [6, 6.07) is 7.02. The van der Waals surface area contributed by atoms with Gasteiger partial charge in [0.25, 0.3) is 5.91 Å². The largest absolute Gasteiger partial charge is 0.465 e. The molecule has 1 aromatic carbocycles. The zero-order valence-electron chi connectivity index (χ0n) is 18.5. The lowest BCUT2D eigenvalue weighted by atomic mass is 10.1. The first-order chi connectivity index (χ1) is 15.7. The second-order valence-corrected chi connectivity index (χ2v) is 8.50. The van der Waals surface area contributed by atoms with Crippen LogP contribution in [-0.4, -0.2) is 56.7 Å². The van der Waals surface area contributed by atoms with Crippen molar-refractivity contribution in [3.8, 4) is 0 Å². The molecule has 11 heteroatoms. The maximum absolute atomic E-state index is 12.2. The van der Waals surface area contributed by atoms with Crippen molar-refractivity contribution in [2.75, 3.05) is 32.4 Å². The van der Waals surface area contributed by atoms with E-state index in [1.807, 2.05) is 18.4 Å². The number of anilines is 1. The number of ketones is 1. The maximum Gasteiger partial charge on any atom is 0.348 e. The topological polar surface area (TPSA) is 125 Å². The highest BCUT2D eigenvalue weighted by molar-refractivity contribution is 7.98. The predicted octanol–water partition coefficient (Wildman–Crippen LogP) is 3.50. The van der Waals surface area contributed by atoms with Gasteiger partial charge in [-0.1, -0.05) is 12.1 Å². The van der Waals surface area contributed by atoms with Gasteiger partial charge in [-0.3, -0.25) is 14.4 Å². The molecule has 0 radical (unpaired) electrons. The van der Waals surface area contributed by atoms with Crippen molar-refractivity contribution in [3.63, 3.8) is 0 Å². The summed E-state index contributed by atoms with van der Waals surface area (Å²) in [5.41, 5.74) is 0.805. The molecule has 9 nitrogen and oxygen atoms in total. The molecule has 1 aromatic heterocycles. The highest BCUT2D eigenvalue weighted by Crippen LogP contribution is 2.34. The van der Waals surface area contributed by atoms with E-state index in [2.05, 4.69) is 10.1 Å². The molecule has 0 spiro atoms. The van der Waals surface area contributed by atoms with Gasteiger partial charge in [0.05, 0.1) is 26.2 Å². The summed E-state index contributed by atoms with van der Waals surface area (Å²) in [5, 5.41) is 2.52. The molecule has 33 heavy (non-hydrogen) atoms. The van der Waals surface area contributed by atoms with E-state index in [4.69, 9.17) is 9.47 Å². The summed E-state index contributed by atoms with van der Waals surface area (Å²) in [7, 11) is 2.37. The molecular weight excluding hydrogens is 470 g/mol. The molecular formula is C22H23NO8S2. The van der Waals surface area contributed by atoms with Gasteiger partial charge in [-0.15, -0.1) is 23.1 Å². The predicted molar refractivity (Wildman–Crippen MR) is 123 cm³/mol. The van der Waals surface area contributed by atoms with Gasteiger partial charge in [0.1, 0.15) is 9.88 Å². The lowest BCUT2D eigenvalue weighted by Gasteiger charge is -2.07. The van der Waals surface area contributed by atoms with Crippen molar-refractivity contribution in [1.29, 1.82) is 0 Å². The van der Waals surface area contributed by atoms with Crippen molar-refractivity contribution in [1.82, 2.24) is 0 Å². The molecule has 2 rings (SSSR count). The second-order valence-electron chi connectivity index (χ2n) is 6.60. The Kier molecular flexibility index (Phi) is 9.61. The fraction of sp³-hybridized carbons (Fsp3) is 0.318. The molecule has 176 valence electrons. The van der Waals surface area contributed by atoms with Gasteiger partial charge in [0, 0.05) is 16.9 Å². The number of Topliss-reactive ketones (excluding diaryl/α,β-unsaturated/α-hetero) is 1. The molecule has 0 aliphatic carbocycles. The highest BCUT2D eigenvalue weighted by Gasteiger charge is 2.27. The Morgan fingerprint density at radius 1 is 0.970 bits per heavy atom. The zero-order chi connectivity index (χ0) is 24.5. The van der Waals surface area contributed by atoms with E-state index >= 15 is 0 Å². The standard InChI is InChI=1S/C22H23NO8S2/c1-12-18(21(27)29-2)20(33-19(12)22(28)30-3)23-16(25)11-31-17(26)10-9-15(24)13-5-7-14(32-4)8-6-13/h5-8H,9-11H2,1-4H3,(H,23,25). The van der Waals surface area contributed by atoms with Crippen LogP contribution in [0.1, 0.15) is 48.8 Å². The van der Waals surface area contributed by atoms with E-state index in [-0.39, 0.29) is 34.1 Å². The molecule has 0 aliphatic rings. The third kappa shape index (κ3) is 6.90. The lowest BCUT2D eigenvalue weighted by molar-refractivity contribution is -0.147. The number of carbonyl (C=O) groups is 5. The van der Waals surface area contributed by atoms with Gasteiger partial charge in [0.15, 0.2) is 12.4 Å². The van der Waals surface area contributed by atoms with E-state index < -0.39 is 30.4 Å². The highest BCUT2D eigenvalue weighted by atomic mass is 32.2. The average molecular weight is 494 g/mol. The number of nitrogens with one attached hydrogen (secondary N) is 1. The Morgan fingerprint density at radius 2 is 1.61 bits per heavy atom. The van der Waals surface area contributed by atoms with Gasteiger partial charge >= 0.3 is 17.9 Å². The number of rotatable bonds is 10. The molecule has 0 bridgehead atoms. The smallest absolute Gasteiger partial charge is 0.348 e. The fourth-order valence-corrected chi connectivity index (χ4v) is 4.29. The lowest BCUT2D eigenvalue weighted by Crippen LogP contribution is -2.22. The van der Waals surface area contributed by atoms with Crippen LogP contribution in [0.15, 0.2) is 29.2 Å². The van der Waals surface area contributed by atoms with Crippen LogP contribution in [0.3, 0.4) is 0 Å². The van der Waals surface area contributed by atoms with Crippen LogP contribution < -0.4 is 5.32 Å². The fourth-order valence-electron chi connectivity index (χ4n) is 2.75. The minimum Gasteiger partial charge on any atom is -0.465 e. The Bertz CT molecular complexity index is 1060. The van der Waals surface area contributed by atoms with E-state index in [0.717, 1.165) is 16.2 Å². The molecule has 0 saturated carbocycles. The SMILES string of the molecule is COC(=O)c1sc(NC(=O)COC(=O)CCC(=O)c2ccc(SC)cc2)c(C(=O)OC)c1C. The van der Waals surface area contributed by atoms with Crippen molar-refractivity contribution in [2.24, 2.45) is 0 Å². The van der Waals surface area contributed by atoms with Crippen LogP contribution in [0.4, 0.5) is 5.00 Å². The van der Waals surface area contributed by atoms with Gasteiger partial charge in [0.2, 0.25) is 0 Å². The van der Waals surface area contributed by atoms with Crippen molar-refractivity contribution < 1.29 is 38.2 Å². The van der Waals surface area contributed by atoms with Crippen LogP contribution in [0.5, 0.6) is 0 Å². The molecule has 1 heterocycles. The Labute approximate surface area is 198 Å². The molecule has 0 saturated heterocycles. The molecule has 0 unspecified atom stereocenters. The first kappa shape index (κ1) is 26.1. The molecule has 0 atom stereocenters. The first-order valence-corrected chi connectivity index (χ1v) is 11.7. The van der Waals surface area contributed by atoms with Gasteiger partial charge < -0.3 is 19.5 Å². The van der Waals surface area contributed by atoms with E-state index in [9.17, 15) is 24.0 Å². The Hall–Kier alpha value is -3.18. The van der Waals surface area contributed by atoms with Crippen LogP contribution in [0.2, 0.25) is 0 Å². The minimum absolute atomic E-state index is 0.0145. The summed E-state index contributed by atoms with van der Waals surface area (Å²) in [5.74, 6) is -3.05. The monoisotopic (exact) mass is 493 g/mol. The Morgan fingerprint density at radius 3 is 2.18 bits per heavy atom. The van der Waals surface area contributed by atoms with Crippen LogP contribution in [-0.2, 0) is 23.8 Å². The third-order valence-electron chi connectivity index (χ3n) is 4.49. The second kappa shape index (κ2) is 12.2. The summed E-state index contributed by atoms with van der Waals surface area (Å²) in [6.45, 7) is 0.900. The third-order valence-corrected chi connectivity index (χ3v) is 6.42. The van der Waals surface area contributed by atoms with E-state index in [1.165, 1.54) is 21.1 Å². The minimum atomic E-state index is -0.740. The van der Waals surface area contributed by atoms with Crippen molar-refractivity contribution >= 4 is 57.7 Å². The molecule has 1 amide bonds. The van der Waals surface area contributed by atoms with Crippen LogP contribution >= 0.6 is 23.1 Å². The number of methoxy groups -OCH3 is 2. The number of amides is 1. The quantitative estimate of drug-likeness (QED) is 0.229. The molecule has 0 aliphatic heterocycles. The first-order valence-electron chi connectivity index (χ1n) is 9.64. The number of thiophene rings is 1. The zero-order valence-corrected chi connectivity index (χ0v) is 20.1. The van der Waals surface area contributed by atoms with E-state index in [1.54, 1.807) is 23.9 Å². The number of ether oxygens (including phenoxy) is 3. The van der Waals surface area contributed by atoms with Crippen molar-refractivity contribution in [3.05, 3.63) is 45.8 Å². The van der Waals surface area contributed by atoms with E-state index in [0.29, 0.717) is 11.1 Å². The average Bonchev–Trinajstić information content (AvgIpc) is 3.15. The number of hydrogen-bond acceptors (Lipinski definition) is 10. The summed E-state index contributed by atoms with van der Waals surface area (Å²) in [4.78, 5) is 61.5. The maximum atomic E-state index is 12.2. The normalized spacial score (nSPS) is 10.3. The summed E-state index contributed by atoms with van der Waals surface area (Å²) >= 11 is 2.40. The number of hydrogen-bond donors (Lipinski definition) is 1. The molecule has 1 N–H and O–H groups in total. The van der Waals surface area contributed by atoms with Gasteiger partial charge in [-0.2, -0.15) is 0 Å². The Balaban J connectivity index is 1.92. The number of carbonyl (C=O) groups excluding carboxylic acids is 5. The molecule has 2 aromatic rings. The van der Waals surface area contributed by atoms with Crippen LogP contribution in [0, 0.1) is 6.92 Å². The van der Waals surface area contributed by atoms with Gasteiger partial charge in [-0.25, -0.2) is 9.59 Å². The summed E-state index contributed by atoms with van der Waals surface area (Å²) in [6.07, 6.45) is 1.68. The number of benzene rings is 1.